The van der Waals surface area contributed by atoms with Gasteiger partial charge in [0.25, 0.3) is 5.91 Å². The Morgan fingerprint density at radius 1 is 1.12 bits per heavy atom. The second-order valence-corrected chi connectivity index (χ2v) is 5.95. The molecule has 0 aromatic heterocycles. The fraction of sp³-hybridized carbons (Fsp3) is 0.316. The zero-order valence-electron chi connectivity index (χ0n) is 14.2. The lowest BCUT2D eigenvalue weighted by atomic mass is 9.99. The molecule has 0 aliphatic carbocycles. The summed E-state index contributed by atoms with van der Waals surface area (Å²) in [6, 6.07) is 10.3. The van der Waals surface area contributed by atoms with Crippen LogP contribution in [0.15, 0.2) is 42.5 Å². The largest absolute Gasteiger partial charge is 0.497 e. The van der Waals surface area contributed by atoms with E-state index in [4.69, 9.17) is 9.47 Å². The van der Waals surface area contributed by atoms with Crippen LogP contribution in [0.4, 0.5) is 18.9 Å². The van der Waals surface area contributed by atoms with Crippen LogP contribution < -0.4 is 14.4 Å². The van der Waals surface area contributed by atoms with Crippen LogP contribution in [-0.2, 0) is 17.4 Å². The highest BCUT2D eigenvalue weighted by molar-refractivity contribution is 5.95. The number of carbonyl (C=O) groups is 1. The minimum atomic E-state index is -4.39. The molecule has 26 heavy (non-hydrogen) atoms. The van der Waals surface area contributed by atoms with Crippen molar-refractivity contribution in [1.29, 1.82) is 0 Å². The summed E-state index contributed by atoms with van der Waals surface area (Å²) >= 11 is 0. The fourth-order valence-corrected chi connectivity index (χ4v) is 2.93. The van der Waals surface area contributed by atoms with Gasteiger partial charge < -0.3 is 14.4 Å². The molecule has 1 heterocycles. The zero-order valence-corrected chi connectivity index (χ0v) is 14.2. The standard InChI is InChI=1S/C19H18F3NO3/c1-25-15-5-7-16(8-6-15)26-12-18(24)23-10-2-3-13-11-14(19(20,21)22)4-9-17(13)23/h4-9,11H,2-3,10,12H2,1H3. The Kier molecular flexibility index (Phi) is 5.06. The van der Waals surface area contributed by atoms with Crippen LogP contribution in [0.5, 0.6) is 11.5 Å². The van der Waals surface area contributed by atoms with Gasteiger partial charge in [0.05, 0.1) is 12.7 Å². The van der Waals surface area contributed by atoms with E-state index < -0.39 is 11.7 Å². The van der Waals surface area contributed by atoms with Crippen LogP contribution in [0.25, 0.3) is 0 Å². The maximum absolute atomic E-state index is 12.9. The highest BCUT2D eigenvalue weighted by atomic mass is 19.4. The van der Waals surface area contributed by atoms with Crippen molar-refractivity contribution in [2.24, 2.45) is 0 Å². The molecule has 2 aromatic carbocycles. The van der Waals surface area contributed by atoms with Gasteiger partial charge in [0, 0.05) is 12.2 Å². The predicted octanol–water partition coefficient (Wildman–Crippen LogP) is 4.07. The van der Waals surface area contributed by atoms with E-state index in [0.717, 1.165) is 12.1 Å². The second kappa shape index (κ2) is 7.27. The first kappa shape index (κ1) is 18.1. The maximum Gasteiger partial charge on any atom is 0.416 e. The number of hydrogen-bond acceptors (Lipinski definition) is 3. The summed E-state index contributed by atoms with van der Waals surface area (Å²) in [5, 5.41) is 0. The number of anilines is 1. The molecule has 3 rings (SSSR count). The number of amides is 1. The average Bonchev–Trinajstić information content (AvgIpc) is 2.64. The summed E-state index contributed by atoms with van der Waals surface area (Å²) in [6.45, 7) is 0.274. The van der Waals surface area contributed by atoms with Gasteiger partial charge in [-0.3, -0.25) is 4.79 Å². The number of aryl methyl sites for hydroxylation is 1. The molecular weight excluding hydrogens is 347 g/mol. The maximum atomic E-state index is 12.9. The molecule has 0 radical (unpaired) electrons. The lowest BCUT2D eigenvalue weighted by Crippen LogP contribution is -2.38. The molecule has 7 heteroatoms. The lowest BCUT2D eigenvalue weighted by Gasteiger charge is -2.30. The molecule has 0 atom stereocenters. The average molecular weight is 365 g/mol. The molecule has 1 aliphatic rings. The Morgan fingerprint density at radius 3 is 2.46 bits per heavy atom. The number of halogens is 3. The zero-order chi connectivity index (χ0) is 18.7. The third kappa shape index (κ3) is 3.92. The molecule has 0 saturated heterocycles. The van der Waals surface area contributed by atoms with Crippen molar-refractivity contribution in [3.05, 3.63) is 53.6 Å². The third-order valence-electron chi connectivity index (χ3n) is 4.25. The fourth-order valence-electron chi connectivity index (χ4n) is 2.93. The van der Waals surface area contributed by atoms with Crippen LogP contribution in [0.2, 0.25) is 0 Å². The quantitative estimate of drug-likeness (QED) is 0.820. The highest BCUT2D eigenvalue weighted by Gasteiger charge is 2.32. The number of methoxy groups -OCH3 is 1. The summed E-state index contributed by atoms with van der Waals surface area (Å²) in [4.78, 5) is 14.0. The van der Waals surface area contributed by atoms with Crippen LogP contribution in [0, 0.1) is 0 Å². The van der Waals surface area contributed by atoms with Gasteiger partial charge in [-0.25, -0.2) is 0 Å². The Morgan fingerprint density at radius 2 is 1.81 bits per heavy atom. The SMILES string of the molecule is COc1ccc(OCC(=O)N2CCCc3cc(C(F)(F)F)ccc32)cc1. The molecule has 0 N–H and O–H groups in total. The summed E-state index contributed by atoms with van der Waals surface area (Å²) in [6.07, 6.45) is -3.26. The number of nitrogens with zero attached hydrogens (tertiary/aromatic N) is 1. The Balaban J connectivity index is 1.71. The number of ether oxygens (including phenoxy) is 2. The van der Waals surface area contributed by atoms with Crippen molar-refractivity contribution >= 4 is 11.6 Å². The van der Waals surface area contributed by atoms with Gasteiger partial charge in [0.15, 0.2) is 6.61 Å². The highest BCUT2D eigenvalue weighted by Crippen LogP contribution is 2.35. The third-order valence-corrected chi connectivity index (χ3v) is 4.25. The number of carbonyl (C=O) groups excluding carboxylic acids is 1. The van der Waals surface area contributed by atoms with Gasteiger partial charge in [0.2, 0.25) is 0 Å². The molecule has 1 aliphatic heterocycles. The van der Waals surface area contributed by atoms with E-state index in [1.165, 1.54) is 11.0 Å². The van der Waals surface area contributed by atoms with Crippen LogP contribution in [0.3, 0.4) is 0 Å². The van der Waals surface area contributed by atoms with E-state index in [1.807, 2.05) is 0 Å². The molecule has 0 bridgehead atoms. The number of rotatable bonds is 4. The van der Waals surface area contributed by atoms with E-state index >= 15 is 0 Å². The van der Waals surface area contributed by atoms with Crippen molar-refractivity contribution < 1.29 is 27.4 Å². The minimum absolute atomic E-state index is 0.188. The Hall–Kier alpha value is -2.70. The van der Waals surface area contributed by atoms with Gasteiger partial charge in [-0.2, -0.15) is 13.2 Å². The minimum Gasteiger partial charge on any atom is -0.497 e. The summed E-state index contributed by atoms with van der Waals surface area (Å²) < 4.78 is 49.1. The molecule has 0 saturated carbocycles. The van der Waals surface area contributed by atoms with Crippen molar-refractivity contribution in [3.63, 3.8) is 0 Å². The van der Waals surface area contributed by atoms with E-state index in [9.17, 15) is 18.0 Å². The summed E-state index contributed by atoms with van der Waals surface area (Å²) in [5.74, 6) is 0.902. The van der Waals surface area contributed by atoms with E-state index in [1.54, 1.807) is 31.4 Å². The predicted molar refractivity (Wildman–Crippen MR) is 90.6 cm³/mol. The molecule has 0 fully saturated rings. The summed E-state index contributed by atoms with van der Waals surface area (Å²) in [5.41, 5.74) is 0.358. The number of hydrogen-bond donors (Lipinski definition) is 0. The van der Waals surface area contributed by atoms with Gasteiger partial charge >= 0.3 is 6.18 Å². The molecule has 4 nitrogen and oxygen atoms in total. The van der Waals surface area contributed by atoms with Gasteiger partial charge in [0.1, 0.15) is 11.5 Å². The Labute approximate surface area is 149 Å². The van der Waals surface area contributed by atoms with E-state index in [2.05, 4.69) is 0 Å². The molecule has 2 aromatic rings. The van der Waals surface area contributed by atoms with Crippen molar-refractivity contribution in [1.82, 2.24) is 0 Å². The molecule has 0 spiro atoms. The number of benzene rings is 2. The number of fused-ring (bicyclic) bond motifs is 1. The molecular formula is C19H18F3NO3. The van der Waals surface area contributed by atoms with Crippen molar-refractivity contribution in [2.75, 3.05) is 25.2 Å². The summed E-state index contributed by atoms with van der Waals surface area (Å²) in [7, 11) is 1.55. The van der Waals surface area contributed by atoms with Gasteiger partial charge in [-0.05, 0) is 60.9 Å². The first-order valence-electron chi connectivity index (χ1n) is 8.16. The molecule has 0 unspecified atom stereocenters. The topological polar surface area (TPSA) is 38.8 Å². The van der Waals surface area contributed by atoms with E-state index in [0.29, 0.717) is 42.1 Å². The number of alkyl halides is 3. The molecule has 1 amide bonds. The van der Waals surface area contributed by atoms with Crippen molar-refractivity contribution in [3.8, 4) is 11.5 Å². The monoisotopic (exact) mass is 365 g/mol. The van der Waals surface area contributed by atoms with Gasteiger partial charge in [-0.15, -0.1) is 0 Å². The van der Waals surface area contributed by atoms with E-state index in [-0.39, 0.29) is 12.5 Å². The first-order valence-corrected chi connectivity index (χ1v) is 8.16. The normalized spacial score (nSPS) is 13.9. The first-order chi connectivity index (χ1) is 12.4. The smallest absolute Gasteiger partial charge is 0.416 e. The van der Waals surface area contributed by atoms with Crippen LogP contribution in [0.1, 0.15) is 17.5 Å². The van der Waals surface area contributed by atoms with Crippen molar-refractivity contribution in [2.45, 2.75) is 19.0 Å². The van der Waals surface area contributed by atoms with Crippen LogP contribution in [-0.4, -0.2) is 26.2 Å². The van der Waals surface area contributed by atoms with Gasteiger partial charge in [-0.1, -0.05) is 0 Å². The lowest BCUT2D eigenvalue weighted by molar-refractivity contribution is -0.137. The van der Waals surface area contributed by atoms with Crippen LogP contribution >= 0.6 is 0 Å². The second-order valence-electron chi connectivity index (χ2n) is 5.95. The Bertz CT molecular complexity index is 788. The molecule has 138 valence electrons.